The van der Waals surface area contributed by atoms with Gasteiger partial charge in [-0.3, -0.25) is 0 Å². The summed E-state index contributed by atoms with van der Waals surface area (Å²) < 4.78 is 29.0. The van der Waals surface area contributed by atoms with Crippen LogP contribution >= 0.6 is 24.0 Å². The maximum Gasteiger partial charge on any atom is 0.231 e. The maximum absolute atomic E-state index is 12.9. The second-order valence-electron chi connectivity index (χ2n) is 6.18. The zero-order valence-corrected chi connectivity index (χ0v) is 18.4. The first-order valence-electron chi connectivity index (χ1n) is 9.11. The number of aliphatic hydroxyl groups excluding tert-OH is 1. The lowest BCUT2D eigenvalue weighted by Gasteiger charge is -2.16. The number of halogens is 2. The minimum atomic E-state index is -0.751. The van der Waals surface area contributed by atoms with Gasteiger partial charge < -0.3 is 30.0 Å². The van der Waals surface area contributed by atoms with Gasteiger partial charge in [0.05, 0.1) is 6.54 Å². The predicted molar refractivity (Wildman–Crippen MR) is 119 cm³/mol. The van der Waals surface area contributed by atoms with E-state index in [4.69, 9.17) is 14.2 Å². The molecule has 3 rings (SSSR count). The van der Waals surface area contributed by atoms with Crippen molar-refractivity contribution in [2.24, 2.45) is 4.99 Å². The van der Waals surface area contributed by atoms with Crippen LogP contribution in [0.4, 0.5) is 4.39 Å². The summed E-state index contributed by atoms with van der Waals surface area (Å²) in [6, 6.07) is 11.4. The molecule has 1 heterocycles. The molecule has 0 aliphatic carbocycles. The van der Waals surface area contributed by atoms with Crippen molar-refractivity contribution >= 4 is 29.9 Å². The number of nitrogens with zero attached hydrogens (tertiary/aromatic N) is 1. The molecule has 0 amide bonds. The summed E-state index contributed by atoms with van der Waals surface area (Å²) in [4.78, 5) is 4.51. The second kappa shape index (κ2) is 11.7. The molecule has 0 bridgehead atoms. The average molecular weight is 517 g/mol. The number of aliphatic imine (C=N–C) groups is 1. The van der Waals surface area contributed by atoms with Gasteiger partial charge >= 0.3 is 0 Å². The third-order valence-electron chi connectivity index (χ3n) is 3.96. The van der Waals surface area contributed by atoms with Crippen LogP contribution in [0.15, 0.2) is 47.5 Å². The second-order valence-corrected chi connectivity index (χ2v) is 6.18. The smallest absolute Gasteiger partial charge is 0.231 e. The number of guanidine groups is 1. The third-order valence-corrected chi connectivity index (χ3v) is 3.96. The Labute approximate surface area is 186 Å². The molecule has 0 fully saturated rings. The number of hydrogen-bond donors (Lipinski definition) is 3. The first-order valence-corrected chi connectivity index (χ1v) is 9.11. The summed E-state index contributed by atoms with van der Waals surface area (Å²) in [6.07, 6.45) is -0.751. The lowest BCUT2D eigenvalue weighted by atomic mass is 10.2. The van der Waals surface area contributed by atoms with E-state index in [1.165, 1.54) is 24.3 Å². The van der Waals surface area contributed by atoms with Crippen LogP contribution in [0, 0.1) is 5.82 Å². The first-order chi connectivity index (χ1) is 13.6. The van der Waals surface area contributed by atoms with Gasteiger partial charge in [-0.15, -0.1) is 24.0 Å². The van der Waals surface area contributed by atoms with Crippen molar-refractivity contribution in [2.75, 3.05) is 26.5 Å². The van der Waals surface area contributed by atoms with Gasteiger partial charge in [-0.1, -0.05) is 6.07 Å². The summed E-state index contributed by atoms with van der Waals surface area (Å²) in [6.45, 7) is 3.69. The van der Waals surface area contributed by atoms with Crippen LogP contribution in [0.3, 0.4) is 0 Å². The number of hydrogen-bond acceptors (Lipinski definition) is 5. The first kappa shape index (κ1) is 23.0. The SMILES string of the molecule is CCNC(=NCc1ccc2c(c1)OCO2)NCC(O)COc1ccc(F)cc1.I. The molecule has 1 atom stereocenters. The van der Waals surface area contributed by atoms with Gasteiger partial charge in [-0.2, -0.15) is 0 Å². The predicted octanol–water partition coefficient (Wildman–Crippen LogP) is 2.67. The molecule has 0 saturated carbocycles. The molecule has 29 heavy (non-hydrogen) atoms. The summed E-state index contributed by atoms with van der Waals surface area (Å²) in [5.41, 5.74) is 0.988. The highest BCUT2D eigenvalue weighted by molar-refractivity contribution is 14.0. The van der Waals surface area contributed by atoms with Crippen LogP contribution in [0.1, 0.15) is 12.5 Å². The fourth-order valence-electron chi connectivity index (χ4n) is 2.55. The molecular formula is C20H25FIN3O4. The Morgan fingerprint density at radius 2 is 1.93 bits per heavy atom. The van der Waals surface area contributed by atoms with Gasteiger partial charge in [0.25, 0.3) is 0 Å². The number of ether oxygens (including phenoxy) is 3. The van der Waals surface area contributed by atoms with Gasteiger partial charge in [-0.25, -0.2) is 9.38 Å². The van der Waals surface area contributed by atoms with E-state index in [-0.39, 0.29) is 49.7 Å². The summed E-state index contributed by atoms with van der Waals surface area (Å²) in [5, 5.41) is 16.3. The van der Waals surface area contributed by atoms with Crippen molar-refractivity contribution in [3.05, 3.63) is 53.8 Å². The fraction of sp³-hybridized carbons (Fsp3) is 0.350. The Morgan fingerprint density at radius 3 is 2.69 bits per heavy atom. The molecule has 2 aromatic rings. The van der Waals surface area contributed by atoms with Gasteiger partial charge in [0.1, 0.15) is 24.3 Å². The van der Waals surface area contributed by atoms with E-state index in [0.29, 0.717) is 24.8 Å². The highest BCUT2D eigenvalue weighted by Crippen LogP contribution is 2.32. The number of nitrogens with one attached hydrogen (secondary N) is 2. The molecule has 0 spiro atoms. The standard InChI is InChI=1S/C20H24FN3O4.HI/c1-2-22-20(23-10-14-3-8-18-19(9-14)28-13-27-18)24-11-16(25)12-26-17-6-4-15(21)5-7-17;/h3-9,16,25H,2,10-13H2,1H3,(H2,22,23,24);1H. The average Bonchev–Trinajstić information content (AvgIpc) is 3.17. The van der Waals surface area contributed by atoms with Crippen molar-refractivity contribution < 1.29 is 23.7 Å². The molecule has 7 nitrogen and oxygen atoms in total. The number of aliphatic hydroxyl groups is 1. The Balaban J connectivity index is 0.00000300. The van der Waals surface area contributed by atoms with Crippen LogP contribution in [-0.4, -0.2) is 43.7 Å². The zero-order valence-electron chi connectivity index (χ0n) is 16.1. The van der Waals surface area contributed by atoms with Gasteiger partial charge in [-0.05, 0) is 48.9 Å². The highest BCUT2D eigenvalue weighted by Gasteiger charge is 2.13. The van der Waals surface area contributed by atoms with Crippen LogP contribution in [0.25, 0.3) is 0 Å². The van der Waals surface area contributed by atoms with E-state index in [2.05, 4.69) is 15.6 Å². The maximum atomic E-state index is 12.9. The van der Waals surface area contributed by atoms with Gasteiger partial charge in [0, 0.05) is 13.1 Å². The fourth-order valence-corrected chi connectivity index (χ4v) is 2.55. The molecule has 0 radical (unpaired) electrons. The lowest BCUT2D eigenvalue weighted by molar-refractivity contribution is 0.110. The van der Waals surface area contributed by atoms with E-state index in [9.17, 15) is 9.50 Å². The van der Waals surface area contributed by atoms with Crippen molar-refractivity contribution in [1.29, 1.82) is 0 Å². The lowest BCUT2D eigenvalue weighted by Crippen LogP contribution is -2.42. The van der Waals surface area contributed by atoms with Crippen LogP contribution in [-0.2, 0) is 6.54 Å². The molecule has 2 aromatic carbocycles. The minimum Gasteiger partial charge on any atom is -0.491 e. The molecule has 1 aliphatic rings. The van der Waals surface area contributed by atoms with E-state index < -0.39 is 6.10 Å². The Hall–Kier alpha value is -2.27. The monoisotopic (exact) mass is 517 g/mol. The molecule has 3 N–H and O–H groups in total. The number of benzene rings is 2. The van der Waals surface area contributed by atoms with E-state index in [0.717, 1.165) is 17.1 Å². The Bertz CT molecular complexity index is 805. The van der Waals surface area contributed by atoms with Gasteiger partial charge in [0.15, 0.2) is 17.5 Å². The van der Waals surface area contributed by atoms with Crippen LogP contribution < -0.4 is 24.8 Å². The summed E-state index contributed by atoms with van der Waals surface area (Å²) >= 11 is 0. The topological polar surface area (TPSA) is 84.3 Å². The van der Waals surface area contributed by atoms with Crippen molar-refractivity contribution in [3.63, 3.8) is 0 Å². The quantitative estimate of drug-likeness (QED) is 0.284. The molecule has 1 unspecified atom stereocenters. The summed E-state index contributed by atoms with van der Waals surface area (Å²) in [7, 11) is 0. The Morgan fingerprint density at radius 1 is 1.17 bits per heavy atom. The Kier molecular flexibility index (Phi) is 9.26. The number of rotatable bonds is 8. The number of fused-ring (bicyclic) bond motifs is 1. The molecular weight excluding hydrogens is 492 g/mol. The van der Waals surface area contributed by atoms with E-state index >= 15 is 0 Å². The van der Waals surface area contributed by atoms with E-state index in [1.807, 2.05) is 25.1 Å². The molecule has 0 aromatic heterocycles. The third kappa shape index (κ3) is 7.24. The van der Waals surface area contributed by atoms with Crippen molar-refractivity contribution in [1.82, 2.24) is 10.6 Å². The summed E-state index contributed by atoms with van der Waals surface area (Å²) in [5.74, 6) is 2.22. The molecule has 158 valence electrons. The normalized spacial score (nSPS) is 13.4. The zero-order chi connectivity index (χ0) is 19.8. The van der Waals surface area contributed by atoms with E-state index in [1.54, 1.807) is 0 Å². The molecule has 0 saturated heterocycles. The highest BCUT2D eigenvalue weighted by atomic mass is 127. The van der Waals surface area contributed by atoms with Gasteiger partial charge in [0.2, 0.25) is 6.79 Å². The largest absolute Gasteiger partial charge is 0.491 e. The van der Waals surface area contributed by atoms with Crippen molar-refractivity contribution in [3.8, 4) is 17.2 Å². The minimum absolute atomic E-state index is 0. The molecule has 1 aliphatic heterocycles. The van der Waals surface area contributed by atoms with Crippen LogP contribution in [0.2, 0.25) is 0 Å². The van der Waals surface area contributed by atoms with Crippen LogP contribution in [0.5, 0.6) is 17.2 Å². The van der Waals surface area contributed by atoms with Crippen molar-refractivity contribution in [2.45, 2.75) is 19.6 Å². The molecule has 9 heteroatoms.